The van der Waals surface area contributed by atoms with Crippen LogP contribution in [0, 0.1) is 0 Å². The maximum Gasteiger partial charge on any atom is 0.320 e. The number of ether oxygens (including phenoxy) is 1. The summed E-state index contributed by atoms with van der Waals surface area (Å²) in [6, 6.07) is -1.21. The van der Waals surface area contributed by atoms with E-state index in [2.05, 4.69) is 5.32 Å². The van der Waals surface area contributed by atoms with Crippen molar-refractivity contribution in [2.75, 3.05) is 33.9 Å². The smallest absolute Gasteiger partial charge is 0.320 e. The third-order valence-electron chi connectivity index (χ3n) is 2.03. The Hall–Kier alpha value is -1.34. The summed E-state index contributed by atoms with van der Waals surface area (Å²) >= 11 is 0. The van der Waals surface area contributed by atoms with Gasteiger partial charge in [0.15, 0.2) is 0 Å². The molecule has 0 heterocycles. The van der Waals surface area contributed by atoms with E-state index in [1.165, 1.54) is 4.90 Å². The number of carboxylic acids is 1. The maximum atomic E-state index is 11.4. The highest BCUT2D eigenvalue weighted by Gasteiger charge is 2.12. The van der Waals surface area contributed by atoms with Crippen molar-refractivity contribution in [1.29, 1.82) is 0 Å². The van der Waals surface area contributed by atoms with Crippen LogP contribution in [-0.4, -0.2) is 61.9 Å². The number of hydrogen-bond acceptors (Lipinski definition) is 4. The third kappa shape index (κ3) is 6.20. The molecule has 7 heteroatoms. The number of methoxy groups -OCH3 is 1. The zero-order chi connectivity index (χ0) is 12.6. The second-order valence-corrected chi connectivity index (χ2v) is 3.38. The molecule has 0 spiro atoms. The average molecular weight is 233 g/mol. The molecule has 0 aromatic carbocycles. The summed E-state index contributed by atoms with van der Waals surface area (Å²) < 4.78 is 4.82. The molecular weight excluding hydrogens is 214 g/mol. The molecule has 0 rings (SSSR count). The quantitative estimate of drug-likeness (QED) is 0.527. The minimum Gasteiger partial charge on any atom is -0.480 e. The first-order valence-electron chi connectivity index (χ1n) is 4.95. The Kier molecular flexibility index (Phi) is 7.23. The van der Waals surface area contributed by atoms with E-state index in [1.54, 1.807) is 14.2 Å². The van der Waals surface area contributed by atoms with Crippen molar-refractivity contribution in [3.63, 3.8) is 0 Å². The minimum atomic E-state index is -1.07. The Morgan fingerprint density at radius 1 is 1.56 bits per heavy atom. The first kappa shape index (κ1) is 14.7. The van der Waals surface area contributed by atoms with Crippen molar-refractivity contribution < 1.29 is 19.4 Å². The molecule has 16 heavy (non-hydrogen) atoms. The molecule has 0 saturated heterocycles. The number of carboxylic acid groups (broad SMARTS) is 1. The maximum absolute atomic E-state index is 11.4. The third-order valence-corrected chi connectivity index (χ3v) is 2.03. The van der Waals surface area contributed by atoms with Gasteiger partial charge in [-0.1, -0.05) is 0 Å². The number of carbonyl (C=O) groups is 2. The lowest BCUT2D eigenvalue weighted by Gasteiger charge is -2.17. The summed E-state index contributed by atoms with van der Waals surface area (Å²) in [7, 11) is 3.18. The fourth-order valence-corrected chi connectivity index (χ4v) is 0.923. The largest absolute Gasteiger partial charge is 0.480 e. The Bertz CT molecular complexity index is 235. The van der Waals surface area contributed by atoms with E-state index >= 15 is 0 Å². The van der Waals surface area contributed by atoms with Crippen molar-refractivity contribution in [2.24, 2.45) is 5.73 Å². The van der Waals surface area contributed by atoms with Crippen LogP contribution in [-0.2, 0) is 9.53 Å². The van der Waals surface area contributed by atoms with Gasteiger partial charge < -0.3 is 25.8 Å². The van der Waals surface area contributed by atoms with Gasteiger partial charge in [-0.15, -0.1) is 0 Å². The molecule has 1 atom stereocenters. The van der Waals surface area contributed by atoms with Gasteiger partial charge in [0.2, 0.25) is 0 Å². The molecule has 0 aliphatic heterocycles. The van der Waals surface area contributed by atoms with Crippen LogP contribution in [0.25, 0.3) is 0 Å². The molecule has 1 unspecified atom stereocenters. The van der Waals surface area contributed by atoms with Crippen molar-refractivity contribution in [3.8, 4) is 0 Å². The number of carbonyl (C=O) groups excluding carboxylic acids is 1. The number of aliphatic carboxylic acids is 1. The van der Waals surface area contributed by atoms with E-state index in [0.29, 0.717) is 13.2 Å². The van der Waals surface area contributed by atoms with Gasteiger partial charge in [-0.05, 0) is 6.42 Å². The van der Waals surface area contributed by atoms with Crippen molar-refractivity contribution >= 4 is 12.0 Å². The predicted octanol–water partition coefficient (Wildman–Crippen LogP) is -0.924. The predicted molar refractivity (Wildman–Crippen MR) is 58.1 cm³/mol. The van der Waals surface area contributed by atoms with Crippen LogP contribution in [0.15, 0.2) is 0 Å². The molecule has 0 aromatic heterocycles. The van der Waals surface area contributed by atoms with Crippen LogP contribution in [0.4, 0.5) is 4.79 Å². The van der Waals surface area contributed by atoms with Crippen LogP contribution in [0.3, 0.4) is 0 Å². The minimum absolute atomic E-state index is 0.208. The summed E-state index contributed by atoms with van der Waals surface area (Å²) in [6.07, 6.45) is 0.208. The van der Waals surface area contributed by atoms with Crippen LogP contribution < -0.4 is 11.1 Å². The molecule has 0 radical (unpaired) electrons. The number of amides is 2. The fraction of sp³-hybridized carbons (Fsp3) is 0.778. The van der Waals surface area contributed by atoms with E-state index < -0.39 is 12.0 Å². The second-order valence-electron chi connectivity index (χ2n) is 3.38. The summed E-state index contributed by atoms with van der Waals surface area (Å²) in [4.78, 5) is 23.2. The van der Waals surface area contributed by atoms with Gasteiger partial charge in [0.05, 0.1) is 6.61 Å². The summed E-state index contributed by atoms with van der Waals surface area (Å²) in [5.41, 5.74) is 5.27. The van der Waals surface area contributed by atoms with Gasteiger partial charge in [0, 0.05) is 27.2 Å². The normalized spacial score (nSPS) is 11.9. The zero-order valence-corrected chi connectivity index (χ0v) is 9.60. The van der Waals surface area contributed by atoms with Gasteiger partial charge in [-0.25, -0.2) is 4.79 Å². The molecule has 94 valence electrons. The number of hydrogen-bond donors (Lipinski definition) is 3. The monoisotopic (exact) mass is 233 g/mol. The summed E-state index contributed by atoms with van der Waals surface area (Å²) in [6.45, 7) is 1.18. The number of rotatable bonds is 7. The standard InChI is InChI=1S/C9H19N3O4/c1-12(5-6-16-2)9(15)11-4-3-7(10)8(13)14/h7H,3-6,10H2,1-2H3,(H,11,15)(H,13,14). The van der Waals surface area contributed by atoms with Gasteiger partial charge >= 0.3 is 12.0 Å². The Labute approximate surface area is 94.5 Å². The van der Waals surface area contributed by atoms with Crippen molar-refractivity contribution in [2.45, 2.75) is 12.5 Å². The van der Waals surface area contributed by atoms with Crippen molar-refractivity contribution in [1.82, 2.24) is 10.2 Å². The molecule has 7 nitrogen and oxygen atoms in total. The van der Waals surface area contributed by atoms with Gasteiger partial charge in [-0.3, -0.25) is 4.79 Å². The lowest BCUT2D eigenvalue weighted by molar-refractivity contribution is -0.138. The highest BCUT2D eigenvalue weighted by molar-refractivity contribution is 5.74. The molecule has 0 bridgehead atoms. The number of likely N-dealkylation sites (N-methyl/N-ethyl adjacent to an activating group) is 1. The molecule has 0 aromatic rings. The second kappa shape index (κ2) is 7.89. The lowest BCUT2D eigenvalue weighted by atomic mass is 10.2. The number of nitrogens with two attached hydrogens (primary N) is 1. The highest BCUT2D eigenvalue weighted by atomic mass is 16.5. The lowest BCUT2D eigenvalue weighted by Crippen LogP contribution is -2.41. The van der Waals surface area contributed by atoms with E-state index in [0.717, 1.165) is 0 Å². The zero-order valence-electron chi connectivity index (χ0n) is 9.60. The Morgan fingerprint density at radius 2 is 2.19 bits per heavy atom. The molecule has 0 saturated carbocycles. The van der Waals surface area contributed by atoms with Gasteiger partial charge in [0.25, 0.3) is 0 Å². The van der Waals surface area contributed by atoms with Crippen LogP contribution in [0.1, 0.15) is 6.42 Å². The van der Waals surface area contributed by atoms with Crippen LogP contribution >= 0.6 is 0 Å². The van der Waals surface area contributed by atoms with Crippen molar-refractivity contribution in [3.05, 3.63) is 0 Å². The summed E-state index contributed by atoms with van der Waals surface area (Å²) in [5.74, 6) is -1.07. The highest BCUT2D eigenvalue weighted by Crippen LogP contribution is 1.88. The molecule has 0 aliphatic carbocycles. The van der Waals surface area contributed by atoms with Gasteiger partial charge in [-0.2, -0.15) is 0 Å². The first-order valence-corrected chi connectivity index (χ1v) is 4.95. The van der Waals surface area contributed by atoms with E-state index in [1.807, 2.05) is 0 Å². The van der Waals surface area contributed by atoms with Crippen LogP contribution in [0.2, 0.25) is 0 Å². The molecule has 0 fully saturated rings. The molecular formula is C9H19N3O4. The number of nitrogens with zero attached hydrogens (tertiary/aromatic N) is 1. The molecule has 0 aliphatic rings. The van der Waals surface area contributed by atoms with E-state index in [-0.39, 0.29) is 19.0 Å². The first-order chi connectivity index (χ1) is 7.49. The molecule has 2 amide bonds. The molecule has 4 N–H and O–H groups in total. The summed E-state index contributed by atoms with van der Waals surface area (Å²) in [5, 5.41) is 11.1. The topological polar surface area (TPSA) is 105 Å². The van der Waals surface area contributed by atoms with E-state index in [4.69, 9.17) is 15.6 Å². The number of urea groups is 1. The number of nitrogens with one attached hydrogen (secondary N) is 1. The fourth-order valence-electron chi connectivity index (χ4n) is 0.923. The van der Waals surface area contributed by atoms with Gasteiger partial charge in [0.1, 0.15) is 6.04 Å². The average Bonchev–Trinajstić information content (AvgIpc) is 2.25. The Balaban J connectivity index is 3.68. The Morgan fingerprint density at radius 3 is 2.69 bits per heavy atom. The SMILES string of the molecule is COCCN(C)C(=O)NCCC(N)C(=O)O. The van der Waals surface area contributed by atoms with E-state index in [9.17, 15) is 9.59 Å². The van der Waals surface area contributed by atoms with Crippen LogP contribution in [0.5, 0.6) is 0 Å².